The molecule has 0 aliphatic heterocycles. The molecule has 1 N–H and O–H groups in total. The number of tetrazole rings is 1. The van der Waals surface area contributed by atoms with Gasteiger partial charge in [-0.1, -0.05) is 0 Å². The third-order valence-electron chi connectivity index (χ3n) is 3.64. The van der Waals surface area contributed by atoms with Crippen molar-refractivity contribution in [1.82, 2.24) is 30.1 Å². The van der Waals surface area contributed by atoms with Crippen LogP contribution in [0.4, 0.5) is 0 Å². The van der Waals surface area contributed by atoms with E-state index in [-0.39, 0.29) is 12.5 Å². The van der Waals surface area contributed by atoms with Crippen molar-refractivity contribution >= 4 is 39.9 Å². The summed E-state index contributed by atoms with van der Waals surface area (Å²) in [4.78, 5) is 31.0. The number of nitrogens with zero attached hydrogens (tertiary/aromatic N) is 5. The maximum absolute atomic E-state index is 12.3. The van der Waals surface area contributed by atoms with Crippen molar-refractivity contribution in [2.75, 3.05) is 0 Å². The van der Waals surface area contributed by atoms with Crippen LogP contribution in [0.2, 0.25) is 0 Å². The van der Waals surface area contributed by atoms with Crippen molar-refractivity contribution in [3.05, 3.63) is 55.4 Å². The van der Waals surface area contributed by atoms with Gasteiger partial charge in [0.2, 0.25) is 5.91 Å². The lowest BCUT2D eigenvalue weighted by molar-refractivity contribution is -0.122. The summed E-state index contributed by atoms with van der Waals surface area (Å²) >= 11 is 4.57. The first-order valence-electron chi connectivity index (χ1n) is 7.95. The Hall–Kier alpha value is -2.63. The summed E-state index contributed by atoms with van der Waals surface area (Å²) in [5.41, 5.74) is 0.515. The minimum absolute atomic E-state index is 0.173. The third kappa shape index (κ3) is 3.89. The molecule has 1 amide bonds. The van der Waals surface area contributed by atoms with Gasteiger partial charge in [-0.05, 0) is 47.0 Å². The van der Waals surface area contributed by atoms with E-state index in [1.165, 1.54) is 16.0 Å². The second-order valence-electron chi connectivity index (χ2n) is 5.58. The van der Waals surface area contributed by atoms with E-state index in [1.54, 1.807) is 28.7 Å². The number of nitrogens with one attached hydrogen (secondary N) is 1. The van der Waals surface area contributed by atoms with Gasteiger partial charge in [0.1, 0.15) is 11.5 Å². The molecule has 0 aromatic carbocycles. The zero-order valence-electron chi connectivity index (χ0n) is 14.2. The van der Waals surface area contributed by atoms with E-state index in [1.807, 2.05) is 35.9 Å². The number of aryl methyl sites for hydroxylation is 1. The van der Waals surface area contributed by atoms with Crippen LogP contribution in [-0.2, 0) is 17.9 Å². The van der Waals surface area contributed by atoms with E-state index in [0.717, 1.165) is 25.1 Å². The SMILES string of the molecule is Cc1nc(-c2ccc(CNC(=O)Cn3nnn(-c4cccs4)c3=O)s2)cs1. The molecule has 4 rings (SSSR count). The minimum atomic E-state index is -0.440. The Morgan fingerprint density at radius 1 is 1.22 bits per heavy atom. The summed E-state index contributed by atoms with van der Waals surface area (Å²) in [6.45, 7) is 2.19. The van der Waals surface area contributed by atoms with Crippen LogP contribution in [0.25, 0.3) is 15.6 Å². The molecule has 27 heavy (non-hydrogen) atoms. The van der Waals surface area contributed by atoms with Crippen molar-refractivity contribution in [1.29, 1.82) is 0 Å². The monoisotopic (exact) mass is 418 g/mol. The molecule has 138 valence electrons. The van der Waals surface area contributed by atoms with Gasteiger partial charge >= 0.3 is 5.69 Å². The fourth-order valence-corrected chi connectivity index (χ4v) is 4.63. The topological polar surface area (TPSA) is 94.7 Å². The van der Waals surface area contributed by atoms with Gasteiger partial charge in [0.05, 0.1) is 22.1 Å². The fraction of sp³-hybridized carbons (Fsp3) is 0.188. The molecule has 11 heteroatoms. The lowest BCUT2D eigenvalue weighted by Crippen LogP contribution is -2.33. The Morgan fingerprint density at radius 2 is 2.11 bits per heavy atom. The van der Waals surface area contributed by atoms with Crippen molar-refractivity contribution in [2.24, 2.45) is 0 Å². The lowest BCUT2D eigenvalue weighted by Gasteiger charge is -2.02. The van der Waals surface area contributed by atoms with Crippen LogP contribution in [0.3, 0.4) is 0 Å². The van der Waals surface area contributed by atoms with Gasteiger partial charge < -0.3 is 5.32 Å². The molecule has 0 bridgehead atoms. The predicted molar refractivity (Wildman–Crippen MR) is 106 cm³/mol. The molecule has 4 heterocycles. The average Bonchev–Trinajstić information content (AvgIpc) is 3.41. The van der Waals surface area contributed by atoms with E-state index in [4.69, 9.17) is 0 Å². The van der Waals surface area contributed by atoms with E-state index in [0.29, 0.717) is 11.5 Å². The number of thiazole rings is 1. The lowest BCUT2D eigenvalue weighted by atomic mass is 10.3. The first-order valence-corrected chi connectivity index (χ1v) is 10.5. The van der Waals surface area contributed by atoms with E-state index >= 15 is 0 Å². The van der Waals surface area contributed by atoms with Gasteiger partial charge in [0.15, 0.2) is 0 Å². The molecule has 0 aliphatic carbocycles. The van der Waals surface area contributed by atoms with Gasteiger partial charge in [-0.15, -0.1) is 34.0 Å². The molecular formula is C16H14N6O2S3. The van der Waals surface area contributed by atoms with Crippen LogP contribution < -0.4 is 11.0 Å². The maximum Gasteiger partial charge on any atom is 0.369 e. The van der Waals surface area contributed by atoms with Gasteiger partial charge in [-0.25, -0.2) is 9.78 Å². The van der Waals surface area contributed by atoms with Crippen LogP contribution in [0.1, 0.15) is 9.88 Å². The van der Waals surface area contributed by atoms with Crippen LogP contribution in [-0.4, -0.2) is 30.7 Å². The summed E-state index contributed by atoms with van der Waals surface area (Å²) < 4.78 is 2.23. The summed E-state index contributed by atoms with van der Waals surface area (Å²) in [5.74, 6) is -0.296. The van der Waals surface area contributed by atoms with E-state index < -0.39 is 5.69 Å². The molecule has 0 unspecified atom stereocenters. The van der Waals surface area contributed by atoms with Gasteiger partial charge in [-0.2, -0.15) is 9.36 Å². The smallest absolute Gasteiger partial charge is 0.350 e. The average molecular weight is 419 g/mol. The van der Waals surface area contributed by atoms with Crippen LogP contribution in [0.5, 0.6) is 0 Å². The molecular weight excluding hydrogens is 404 g/mol. The number of carbonyl (C=O) groups excluding carboxylic acids is 1. The standard InChI is InChI=1S/C16H14N6O2S3/c1-10-18-12(9-26-10)13-5-4-11(27-13)7-17-14(23)8-21-16(24)22(20-19-21)15-3-2-6-25-15/h2-6,9H,7-8H2,1H3,(H,17,23). The number of carbonyl (C=O) groups is 1. The largest absolute Gasteiger partial charge is 0.369 e. The van der Waals surface area contributed by atoms with Gasteiger partial charge in [0.25, 0.3) is 0 Å². The fourth-order valence-electron chi connectivity index (χ4n) is 2.37. The highest BCUT2D eigenvalue weighted by Crippen LogP contribution is 2.28. The second-order valence-corrected chi connectivity index (χ2v) is 8.73. The van der Waals surface area contributed by atoms with Crippen LogP contribution >= 0.6 is 34.0 Å². The first-order chi connectivity index (χ1) is 13.1. The number of hydrogen-bond acceptors (Lipinski definition) is 8. The van der Waals surface area contributed by atoms with Crippen molar-refractivity contribution in [2.45, 2.75) is 20.0 Å². The Morgan fingerprint density at radius 3 is 2.85 bits per heavy atom. The van der Waals surface area contributed by atoms with Gasteiger partial charge in [0, 0.05) is 10.3 Å². The van der Waals surface area contributed by atoms with Crippen molar-refractivity contribution in [3.63, 3.8) is 0 Å². The molecule has 4 aromatic heterocycles. The Kier molecular flexibility index (Phi) is 4.97. The molecule has 0 aliphatic rings. The molecule has 0 atom stereocenters. The van der Waals surface area contributed by atoms with Crippen molar-refractivity contribution in [3.8, 4) is 15.6 Å². The molecule has 0 saturated carbocycles. The molecule has 0 fully saturated rings. The Labute approximate surface area is 165 Å². The number of hydrogen-bond donors (Lipinski definition) is 1. The zero-order valence-corrected chi connectivity index (χ0v) is 16.6. The minimum Gasteiger partial charge on any atom is -0.350 e. The second kappa shape index (κ2) is 7.55. The summed E-state index contributed by atoms with van der Waals surface area (Å²) in [6, 6.07) is 7.55. The molecule has 0 spiro atoms. The highest BCUT2D eigenvalue weighted by molar-refractivity contribution is 7.16. The summed E-state index contributed by atoms with van der Waals surface area (Å²) in [7, 11) is 0. The molecule has 8 nitrogen and oxygen atoms in total. The highest BCUT2D eigenvalue weighted by atomic mass is 32.1. The number of aromatic nitrogens is 5. The zero-order chi connectivity index (χ0) is 18.8. The van der Waals surface area contributed by atoms with E-state index in [2.05, 4.69) is 20.7 Å². The summed E-state index contributed by atoms with van der Waals surface area (Å²) in [5, 5.41) is 15.9. The quantitative estimate of drug-likeness (QED) is 0.518. The van der Waals surface area contributed by atoms with Crippen LogP contribution in [0.15, 0.2) is 39.8 Å². The van der Waals surface area contributed by atoms with Crippen LogP contribution in [0, 0.1) is 6.92 Å². The van der Waals surface area contributed by atoms with Crippen molar-refractivity contribution < 1.29 is 4.79 Å². The first kappa shape index (κ1) is 17.8. The Balaban J connectivity index is 1.37. The molecule has 0 radical (unpaired) electrons. The number of thiophene rings is 2. The van der Waals surface area contributed by atoms with E-state index in [9.17, 15) is 9.59 Å². The maximum atomic E-state index is 12.3. The third-order valence-corrected chi connectivity index (χ3v) is 6.37. The highest BCUT2D eigenvalue weighted by Gasteiger charge is 2.13. The molecule has 4 aromatic rings. The predicted octanol–water partition coefficient (Wildman–Crippen LogP) is 2.30. The number of amides is 1. The molecule has 0 saturated heterocycles. The number of rotatable bonds is 6. The normalized spacial score (nSPS) is 11.0. The summed E-state index contributed by atoms with van der Waals surface area (Å²) in [6.07, 6.45) is 0. The van der Waals surface area contributed by atoms with Gasteiger partial charge in [-0.3, -0.25) is 4.79 Å². The Bertz CT molecular complexity index is 1120.